The first kappa shape index (κ1) is 13.8. The Morgan fingerprint density at radius 3 is 2.79 bits per heavy atom. The van der Waals surface area contributed by atoms with E-state index in [2.05, 4.69) is 10.2 Å². The Morgan fingerprint density at radius 1 is 1.53 bits per heavy atom. The molecule has 2 N–H and O–H groups in total. The van der Waals surface area contributed by atoms with Crippen LogP contribution in [0.25, 0.3) is 0 Å². The monoisotopic (exact) mass is 264 g/mol. The molecular weight excluding hydrogens is 244 g/mol. The van der Waals surface area contributed by atoms with Gasteiger partial charge in [-0.05, 0) is 24.7 Å². The Hall–Kier alpha value is -1.59. The molecule has 1 fully saturated rings. The van der Waals surface area contributed by atoms with Gasteiger partial charge in [-0.3, -0.25) is 9.69 Å². The van der Waals surface area contributed by atoms with E-state index in [1.165, 1.54) is 0 Å². The second kappa shape index (κ2) is 5.59. The smallest absolute Gasteiger partial charge is 0.305 e. The van der Waals surface area contributed by atoms with Crippen LogP contribution < -0.4 is 10.1 Å². The standard InChI is InChI=1S/C14H20N2O3/c1-16(14(7-13(17)18)9-15-10-14)8-11-4-3-5-12(6-11)19-2/h3-6,15H,7-10H2,1-2H3,(H,17,18). The van der Waals surface area contributed by atoms with E-state index < -0.39 is 5.97 Å². The zero-order chi connectivity index (χ0) is 13.9. The van der Waals surface area contributed by atoms with E-state index in [4.69, 9.17) is 9.84 Å². The molecule has 1 aliphatic heterocycles. The van der Waals surface area contributed by atoms with Gasteiger partial charge in [-0.2, -0.15) is 0 Å². The number of nitrogens with one attached hydrogen (secondary N) is 1. The van der Waals surface area contributed by atoms with Crippen molar-refractivity contribution in [3.05, 3.63) is 29.8 Å². The van der Waals surface area contributed by atoms with Gasteiger partial charge in [0.05, 0.1) is 19.1 Å². The van der Waals surface area contributed by atoms with E-state index in [1.807, 2.05) is 31.3 Å². The predicted octanol–water partition coefficient (Wildman–Crippen LogP) is 0.944. The molecule has 0 spiro atoms. The Kier molecular flexibility index (Phi) is 4.07. The minimum atomic E-state index is -0.751. The molecule has 0 atom stereocenters. The quantitative estimate of drug-likeness (QED) is 0.801. The van der Waals surface area contributed by atoms with Crippen LogP contribution in [0.2, 0.25) is 0 Å². The summed E-state index contributed by atoms with van der Waals surface area (Å²) in [5, 5.41) is 12.2. The van der Waals surface area contributed by atoms with Crippen LogP contribution in [0, 0.1) is 0 Å². The average molecular weight is 264 g/mol. The van der Waals surface area contributed by atoms with E-state index in [-0.39, 0.29) is 12.0 Å². The fourth-order valence-corrected chi connectivity index (χ4v) is 2.44. The summed E-state index contributed by atoms with van der Waals surface area (Å²) in [6.45, 7) is 2.16. The number of hydrogen-bond donors (Lipinski definition) is 2. The lowest BCUT2D eigenvalue weighted by Gasteiger charge is -2.48. The number of ether oxygens (including phenoxy) is 1. The second-order valence-corrected chi connectivity index (χ2v) is 5.11. The van der Waals surface area contributed by atoms with Gasteiger partial charge in [-0.1, -0.05) is 12.1 Å². The number of hydrogen-bond acceptors (Lipinski definition) is 4. The first-order valence-corrected chi connectivity index (χ1v) is 6.32. The van der Waals surface area contributed by atoms with E-state index in [1.54, 1.807) is 7.11 Å². The molecule has 104 valence electrons. The normalized spacial score (nSPS) is 17.0. The van der Waals surface area contributed by atoms with Crippen LogP contribution in [0.15, 0.2) is 24.3 Å². The average Bonchev–Trinajstić information content (AvgIpc) is 2.33. The van der Waals surface area contributed by atoms with Crippen LogP contribution >= 0.6 is 0 Å². The highest BCUT2D eigenvalue weighted by Gasteiger charge is 2.42. The molecule has 19 heavy (non-hydrogen) atoms. The summed E-state index contributed by atoms with van der Waals surface area (Å²) in [6.07, 6.45) is 0.167. The lowest BCUT2D eigenvalue weighted by atomic mass is 9.86. The zero-order valence-corrected chi connectivity index (χ0v) is 11.3. The van der Waals surface area contributed by atoms with Gasteiger partial charge in [-0.25, -0.2) is 0 Å². The van der Waals surface area contributed by atoms with Crippen LogP contribution in [0.3, 0.4) is 0 Å². The third-order valence-electron chi connectivity index (χ3n) is 3.75. The van der Waals surface area contributed by atoms with Gasteiger partial charge in [0, 0.05) is 19.6 Å². The third kappa shape index (κ3) is 3.05. The molecule has 5 heteroatoms. The summed E-state index contributed by atoms with van der Waals surface area (Å²) in [7, 11) is 3.62. The van der Waals surface area contributed by atoms with Crippen molar-refractivity contribution in [1.29, 1.82) is 0 Å². The Morgan fingerprint density at radius 2 is 2.26 bits per heavy atom. The highest BCUT2D eigenvalue weighted by molar-refractivity contribution is 5.68. The molecule has 1 aliphatic rings. The summed E-state index contributed by atoms with van der Waals surface area (Å²) < 4.78 is 5.20. The maximum Gasteiger partial charge on any atom is 0.305 e. The highest BCUT2D eigenvalue weighted by atomic mass is 16.5. The predicted molar refractivity (Wildman–Crippen MR) is 72.3 cm³/mol. The fourth-order valence-electron chi connectivity index (χ4n) is 2.44. The second-order valence-electron chi connectivity index (χ2n) is 5.11. The van der Waals surface area contributed by atoms with Crippen molar-refractivity contribution < 1.29 is 14.6 Å². The van der Waals surface area contributed by atoms with Crippen molar-refractivity contribution in [2.75, 3.05) is 27.2 Å². The number of likely N-dealkylation sites (N-methyl/N-ethyl adjacent to an activating group) is 1. The number of nitrogens with zero attached hydrogens (tertiary/aromatic N) is 1. The van der Waals surface area contributed by atoms with Gasteiger partial charge in [0.1, 0.15) is 5.75 Å². The topological polar surface area (TPSA) is 61.8 Å². The minimum absolute atomic E-state index is 0.167. The number of benzene rings is 1. The molecule has 1 aromatic carbocycles. The first-order valence-electron chi connectivity index (χ1n) is 6.32. The molecule has 0 unspecified atom stereocenters. The largest absolute Gasteiger partial charge is 0.497 e. The van der Waals surface area contributed by atoms with Crippen molar-refractivity contribution in [2.24, 2.45) is 0 Å². The van der Waals surface area contributed by atoms with Crippen LogP contribution in [0.1, 0.15) is 12.0 Å². The third-order valence-corrected chi connectivity index (χ3v) is 3.75. The minimum Gasteiger partial charge on any atom is -0.497 e. The van der Waals surface area contributed by atoms with Crippen LogP contribution in [0.5, 0.6) is 5.75 Å². The van der Waals surface area contributed by atoms with Crippen LogP contribution in [-0.4, -0.2) is 48.8 Å². The number of carbonyl (C=O) groups is 1. The number of carboxylic acids is 1. The lowest BCUT2D eigenvalue weighted by molar-refractivity contribution is -0.141. The molecule has 1 aromatic rings. The van der Waals surface area contributed by atoms with E-state index >= 15 is 0 Å². The Balaban J connectivity index is 2.06. The highest BCUT2D eigenvalue weighted by Crippen LogP contribution is 2.26. The molecule has 2 rings (SSSR count). The Bertz CT molecular complexity index is 458. The lowest BCUT2D eigenvalue weighted by Crippen LogP contribution is -2.68. The van der Waals surface area contributed by atoms with E-state index in [9.17, 15) is 4.79 Å². The van der Waals surface area contributed by atoms with Gasteiger partial charge in [0.2, 0.25) is 0 Å². The maximum absolute atomic E-state index is 11.0. The molecule has 1 heterocycles. The van der Waals surface area contributed by atoms with Gasteiger partial charge in [0.15, 0.2) is 0 Å². The van der Waals surface area contributed by atoms with Gasteiger partial charge >= 0.3 is 5.97 Å². The van der Waals surface area contributed by atoms with Crippen molar-refractivity contribution in [2.45, 2.75) is 18.5 Å². The van der Waals surface area contributed by atoms with Crippen molar-refractivity contribution >= 4 is 5.97 Å². The fraction of sp³-hybridized carbons (Fsp3) is 0.500. The summed E-state index contributed by atoms with van der Waals surface area (Å²) in [4.78, 5) is 13.1. The van der Waals surface area contributed by atoms with Crippen molar-refractivity contribution in [3.8, 4) is 5.75 Å². The summed E-state index contributed by atoms with van der Waals surface area (Å²) >= 11 is 0. The Labute approximate surface area is 113 Å². The molecule has 5 nitrogen and oxygen atoms in total. The SMILES string of the molecule is COc1cccc(CN(C)C2(CC(=O)O)CNC2)c1. The molecule has 0 bridgehead atoms. The van der Waals surface area contributed by atoms with Gasteiger partial charge in [0.25, 0.3) is 0 Å². The molecule has 0 aromatic heterocycles. The van der Waals surface area contributed by atoms with Crippen molar-refractivity contribution in [3.63, 3.8) is 0 Å². The number of carboxylic acid groups (broad SMARTS) is 1. The molecule has 0 aliphatic carbocycles. The molecule has 1 saturated heterocycles. The first-order chi connectivity index (χ1) is 9.05. The molecular formula is C14H20N2O3. The molecule has 0 radical (unpaired) electrons. The van der Waals surface area contributed by atoms with Crippen LogP contribution in [0.4, 0.5) is 0 Å². The molecule has 0 amide bonds. The summed E-state index contributed by atoms with van der Waals surface area (Å²) in [6, 6.07) is 7.86. The van der Waals surface area contributed by atoms with E-state index in [0.717, 1.165) is 24.4 Å². The van der Waals surface area contributed by atoms with Gasteiger partial charge in [-0.15, -0.1) is 0 Å². The van der Waals surface area contributed by atoms with Crippen molar-refractivity contribution in [1.82, 2.24) is 10.2 Å². The number of methoxy groups -OCH3 is 1. The zero-order valence-electron chi connectivity index (χ0n) is 11.3. The molecule has 0 saturated carbocycles. The number of aliphatic carboxylic acids is 1. The number of rotatable bonds is 6. The summed E-state index contributed by atoms with van der Waals surface area (Å²) in [5.74, 6) is 0.0731. The van der Waals surface area contributed by atoms with Gasteiger partial charge < -0.3 is 15.2 Å². The van der Waals surface area contributed by atoms with Crippen LogP contribution in [-0.2, 0) is 11.3 Å². The summed E-state index contributed by atoms with van der Waals surface area (Å²) in [5.41, 5.74) is 0.855. The maximum atomic E-state index is 11.0. The van der Waals surface area contributed by atoms with E-state index in [0.29, 0.717) is 6.54 Å².